The lowest BCUT2D eigenvalue weighted by Gasteiger charge is -2.09. The lowest BCUT2D eigenvalue weighted by atomic mass is 10.1. The number of nitrogens with zero attached hydrogens (tertiary/aromatic N) is 3. The van der Waals surface area contributed by atoms with Crippen LogP contribution in [0.5, 0.6) is 0 Å². The molecule has 0 saturated carbocycles. The second kappa shape index (κ2) is 7.77. The number of anilines is 1. The lowest BCUT2D eigenvalue weighted by molar-refractivity contribution is -0.113. The van der Waals surface area contributed by atoms with Crippen molar-refractivity contribution in [2.45, 2.75) is 12.1 Å². The minimum absolute atomic E-state index is 0.0780. The zero-order chi connectivity index (χ0) is 19.5. The van der Waals surface area contributed by atoms with E-state index in [0.29, 0.717) is 5.69 Å². The molecule has 6 nitrogen and oxygen atoms in total. The summed E-state index contributed by atoms with van der Waals surface area (Å²) in [6.45, 7) is 1.87. The number of carbonyl (C=O) groups excluding carboxylic acids is 1. The first-order chi connectivity index (χ1) is 13.6. The molecule has 1 N–H and O–H groups in total. The van der Waals surface area contributed by atoms with Crippen LogP contribution in [0.25, 0.3) is 22.4 Å². The van der Waals surface area contributed by atoms with Crippen LogP contribution in [0.3, 0.4) is 0 Å². The van der Waals surface area contributed by atoms with Crippen LogP contribution in [0.15, 0.2) is 64.2 Å². The highest BCUT2D eigenvalue weighted by atomic mass is 32.2. The van der Waals surface area contributed by atoms with Gasteiger partial charge in [0.2, 0.25) is 5.91 Å². The lowest BCUT2D eigenvalue weighted by Crippen LogP contribution is -2.14. The number of rotatable bonds is 5. The minimum Gasteiger partial charge on any atom is -0.411 e. The number of para-hydroxylation sites is 1. The number of pyridine rings is 1. The molecule has 0 aliphatic carbocycles. The van der Waals surface area contributed by atoms with Gasteiger partial charge in [-0.05, 0) is 31.2 Å². The normalized spacial score (nSPS) is 10.9. The van der Waals surface area contributed by atoms with Crippen LogP contribution in [0, 0.1) is 12.7 Å². The first-order valence-corrected chi connectivity index (χ1v) is 9.46. The minimum atomic E-state index is -0.444. The molecule has 0 unspecified atom stereocenters. The van der Waals surface area contributed by atoms with E-state index in [1.54, 1.807) is 18.2 Å². The van der Waals surface area contributed by atoms with Gasteiger partial charge in [-0.3, -0.25) is 9.78 Å². The molecule has 2 aromatic heterocycles. The number of hydrogen-bond donors (Lipinski definition) is 1. The topological polar surface area (TPSA) is 80.9 Å². The van der Waals surface area contributed by atoms with Gasteiger partial charge in [0.05, 0.1) is 22.5 Å². The molecule has 0 atom stereocenters. The van der Waals surface area contributed by atoms with Crippen LogP contribution in [-0.2, 0) is 4.79 Å². The predicted molar refractivity (Wildman–Crippen MR) is 106 cm³/mol. The number of benzene rings is 2. The van der Waals surface area contributed by atoms with Crippen LogP contribution in [-0.4, -0.2) is 26.8 Å². The Morgan fingerprint density at radius 2 is 1.93 bits per heavy atom. The Hall–Kier alpha value is -3.26. The average molecular weight is 394 g/mol. The Morgan fingerprint density at radius 1 is 1.14 bits per heavy atom. The molecule has 2 aromatic carbocycles. The van der Waals surface area contributed by atoms with Crippen molar-refractivity contribution in [1.82, 2.24) is 15.2 Å². The second-order valence-electron chi connectivity index (χ2n) is 6.02. The van der Waals surface area contributed by atoms with E-state index in [4.69, 9.17) is 4.42 Å². The standard InChI is InChI=1S/C20H15FN4O2S/c1-12-10-17(14-7-3-5-9-16(14)22-12)23-18(26)11-28-20-25-24-19(27-20)13-6-2-4-8-15(13)21/h2-10H,11H2,1H3,(H,22,23,26). The monoisotopic (exact) mass is 394 g/mol. The largest absolute Gasteiger partial charge is 0.411 e. The van der Waals surface area contributed by atoms with Gasteiger partial charge in [0, 0.05) is 11.1 Å². The Balaban J connectivity index is 1.44. The molecule has 0 radical (unpaired) electrons. The SMILES string of the molecule is Cc1cc(NC(=O)CSc2nnc(-c3ccccc3F)o2)c2ccccc2n1. The molecule has 0 aliphatic rings. The number of aromatic nitrogens is 3. The van der Waals surface area contributed by atoms with Crippen LogP contribution in [0.4, 0.5) is 10.1 Å². The highest BCUT2D eigenvalue weighted by Gasteiger charge is 2.14. The Bertz CT molecular complexity index is 1160. The number of carbonyl (C=O) groups is 1. The number of aryl methyl sites for hydroxylation is 1. The number of fused-ring (bicyclic) bond motifs is 1. The van der Waals surface area contributed by atoms with Gasteiger partial charge in [0.1, 0.15) is 5.82 Å². The highest BCUT2D eigenvalue weighted by molar-refractivity contribution is 7.99. The average Bonchev–Trinajstić information content (AvgIpc) is 3.15. The maximum absolute atomic E-state index is 13.8. The van der Waals surface area contributed by atoms with E-state index in [-0.39, 0.29) is 28.3 Å². The highest BCUT2D eigenvalue weighted by Crippen LogP contribution is 2.26. The first-order valence-electron chi connectivity index (χ1n) is 8.47. The molecule has 4 aromatic rings. The molecule has 0 bridgehead atoms. The van der Waals surface area contributed by atoms with Crippen molar-refractivity contribution in [2.75, 3.05) is 11.1 Å². The zero-order valence-corrected chi connectivity index (χ0v) is 15.7. The Kier molecular flexibility index (Phi) is 5.03. The summed E-state index contributed by atoms with van der Waals surface area (Å²) in [6, 6.07) is 15.6. The van der Waals surface area contributed by atoms with Crippen molar-refractivity contribution in [3.63, 3.8) is 0 Å². The van der Waals surface area contributed by atoms with Crippen molar-refractivity contribution in [3.05, 3.63) is 66.1 Å². The molecule has 0 fully saturated rings. The summed E-state index contributed by atoms with van der Waals surface area (Å²) in [5.41, 5.74) is 2.56. The zero-order valence-electron chi connectivity index (χ0n) is 14.8. The third-order valence-electron chi connectivity index (χ3n) is 3.96. The van der Waals surface area contributed by atoms with Gasteiger partial charge in [-0.15, -0.1) is 10.2 Å². The summed E-state index contributed by atoms with van der Waals surface area (Å²) < 4.78 is 19.2. The maximum Gasteiger partial charge on any atom is 0.277 e. The fourth-order valence-corrected chi connectivity index (χ4v) is 3.30. The molecule has 8 heteroatoms. The van der Waals surface area contributed by atoms with E-state index in [9.17, 15) is 9.18 Å². The number of halogens is 1. The van der Waals surface area contributed by atoms with Gasteiger partial charge in [0.25, 0.3) is 11.1 Å². The molecule has 2 heterocycles. The van der Waals surface area contributed by atoms with Crippen LogP contribution < -0.4 is 5.32 Å². The summed E-state index contributed by atoms with van der Waals surface area (Å²) in [5, 5.41) is 11.7. The van der Waals surface area contributed by atoms with Gasteiger partial charge in [-0.25, -0.2) is 4.39 Å². The Morgan fingerprint density at radius 3 is 2.79 bits per heavy atom. The van der Waals surface area contributed by atoms with E-state index in [0.717, 1.165) is 28.4 Å². The molecule has 0 aliphatic heterocycles. The fraction of sp³-hybridized carbons (Fsp3) is 0.100. The smallest absolute Gasteiger partial charge is 0.277 e. The van der Waals surface area contributed by atoms with E-state index < -0.39 is 5.82 Å². The molecule has 28 heavy (non-hydrogen) atoms. The molecule has 140 valence electrons. The van der Waals surface area contributed by atoms with Crippen molar-refractivity contribution >= 4 is 34.3 Å². The van der Waals surface area contributed by atoms with E-state index in [1.807, 2.05) is 37.3 Å². The number of amides is 1. The third kappa shape index (κ3) is 3.86. The van der Waals surface area contributed by atoms with E-state index in [2.05, 4.69) is 20.5 Å². The molecular weight excluding hydrogens is 379 g/mol. The summed E-state index contributed by atoms with van der Waals surface area (Å²) in [6.07, 6.45) is 0. The van der Waals surface area contributed by atoms with Gasteiger partial charge in [0.15, 0.2) is 0 Å². The molecular formula is C20H15FN4O2S. The van der Waals surface area contributed by atoms with Crippen LogP contribution in [0.2, 0.25) is 0 Å². The summed E-state index contributed by atoms with van der Waals surface area (Å²) in [5.74, 6) is -0.502. The maximum atomic E-state index is 13.8. The predicted octanol–water partition coefficient (Wildman–Crippen LogP) is 4.46. The number of hydrogen-bond acceptors (Lipinski definition) is 6. The van der Waals surface area contributed by atoms with Gasteiger partial charge in [-0.2, -0.15) is 0 Å². The van der Waals surface area contributed by atoms with E-state index in [1.165, 1.54) is 6.07 Å². The Labute approximate surface area is 164 Å². The first kappa shape index (κ1) is 18.1. The van der Waals surface area contributed by atoms with Crippen molar-refractivity contribution < 1.29 is 13.6 Å². The van der Waals surface area contributed by atoms with Gasteiger partial charge < -0.3 is 9.73 Å². The van der Waals surface area contributed by atoms with Crippen molar-refractivity contribution in [2.24, 2.45) is 0 Å². The fourth-order valence-electron chi connectivity index (χ4n) is 2.74. The third-order valence-corrected chi connectivity index (χ3v) is 4.77. The number of nitrogens with one attached hydrogen (secondary N) is 1. The molecule has 0 saturated heterocycles. The summed E-state index contributed by atoms with van der Waals surface area (Å²) in [7, 11) is 0. The van der Waals surface area contributed by atoms with Crippen LogP contribution in [0.1, 0.15) is 5.69 Å². The summed E-state index contributed by atoms with van der Waals surface area (Å²) >= 11 is 1.09. The van der Waals surface area contributed by atoms with Crippen molar-refractivity contribution in [1.29, 1.82) is 0 Å². The number of thioether (sulfide) groups is 1. The quantitative estimate of drug-likeness (QED) is 0.503. The van der Waals surface area contributed by atoms with Gasteiger partial charge in [-0.1, -0.05) is 42.1 Å². The van der Waals surface area contributed by atoms with Crippen LogP contribution >= 0.6 is 11.8 Å². The molecule has 1 amide bonds. The van der Waals surface area contributed by atoms with Gasteiger partial charge >= 0.3 is 0 Å². The summed E-state index contributed by atoms with van der Waals surface area (Å²) in [4.78, 5) is 16.8. The van der Waals surface area contributed by atoms with Crippen molar-refractivity contribution in [3.8, 4) is 11.5 Å². The molecule has 4 rings (SSSR count). The van der Waals surface area contributed by atoms with E-state index >= 15 is 0 Å². The second-order valence-corrected chi connectivity index (χ2v) is 6.94. The molecule has 0 spiro atoms.